The molecule has 1 saturated heterocycles. The number of benzene rings is 1. The van der Waals surface area contributed by atoms with Crippen LogP contribution in [0, 0.1) is 0 Å². The molecule has 7 heteroatoms. The monoisotopic (exact) mass is 300 g/mol. The number of carbonyl (C=O) groups excluding carboxylic acids is 1. The third-order valence-corrected chi connectivity index (χ3v) is 3.98. The van der Waals surface area contributed by atoms with E-state index in [0.29, 0.717) is 6.42 Å². The third-order valence-electron chi connectivity index (χ3n) is 3.98. The van der Waals surface area contributed by atoms with Crippen LogP contribution in [0.2, 0.25) is 0 Å². The van der Waals surface area contributed by atoms with Crippen LogP contribution in [-0.4, -0.2) is 69.1 Å². The molecule has 1 aromatic heterocycles. The maximum atomic E-state index is 12.4. The van der Waals surface area contributed by atoms with E-state index in [2.05, 4.69) is 27.5 Å². The first-order chi connectivity index (χ1) is 10.7. The summed E-state index contributed by atoms with van der Waals surface area (Å²) in [5, 5.41) is 11.1. The van der Waals surface area contributed by atoms with Crippen LogP contribution < -0.4 is 0 Å². The minimum atomic E-state index is 0.200. The Morgan fingerprint density at radius 1 is 1.14 bits per heavy atom. The first-order valence-corrected chi connectivity index (χ1v) is 7.51. The fourth-order valence-electron chi connectivity index (χ4n) is 2.63. The molecule has 1 aromatic carbocycles. The van der Waals surface area contributed by atoms with Crippen LogP contribution in [0.1, 0.15) is 12.0 Å². The molecule has 1 amide bonds. The van der Waals surface area contributed by atoms with Gasteiger partial charge in [-0.05, 0) is 48.1 Å². The van der Waals surface area contributed by atoms with Crippen LogP contribution in [0.3, 0.4) is 0 Å². The van der Waals surface area contributed by atoms with E-state index in [1.165, 1.54) is 0 Å². The molecule has 0 spiro atoms. The molecule has 0 atom stereocenters. The van der Waals surface area contributed by atoms with Gasteiger partial charge in [0.15, 0.2) is 0 Å². The predicted octanol–water partition coefficient (Wildman–Crippen LogP) is 0.369. The number of aromatic nitrogens is 4. The third kappa shape index (κ3) is 3.48. The Hall–Kier alpha value is -2.28. The Morgan fingerprint density at radius 3 is 2.68 bits per heavy atom. The zero-order chi connectivity index (χ0) is 15.4. The Balaban J connectivity index is 1.61. The molecule has 116 valence electrons. The van der Waals surface area contributed by atoms with Gasteiger partial charge in [-0.3, -0.25) is 4.79 Å². The molecule has 0 aliphatic carbocycles. The number of hydrogen-bond donors (Lipinski definition) is 0. The van der Waals surface area contributed by atoms with Gasteiger partial charge in [-0.2, -0.15) is 0 Å². The van der Waals surface area contributed by atoms with E-state index in [1.54, 1.807) is 11.0 Å². The second-order valence-electron chi connectivity index (χ2n) is 5.64. The van der Waals surface area contributed by atoms with E-state index in [0.717, 1.165) is 43.9 Å². The molecule has 2 heterocycles. The van der Waals surface area contributed by atoms with Crippen LogP contribution >= 0.6 is 0 Å². The quantitative estimate of drug-likeness (QED) is 0.819. The number of hydrogen-bond acceptors (Lipinski definition) is 5. The highest BCUT2D eigenvalue weighted by Crippen LogP contribution is 2.10. The van der Waals surface area contributed by atoms with Crippen LogP contribution in [0.4, 0.5) is 0 Å². The molecule has 0 radical (unpaired) electrons. The van der Waals surface area contributed by atoms with Gasteiger partial charge in [0.05, 0.1) is 12.1 Å². The van der Waals surface area contributed by atoms with Gasteiger partial charge in [-0.1, -0.05) is 12.1 Å². The number of amides is 1. The molecule has 7 nitrogen and oxygen atoms in total. The van der Waals surface area contributed by atoms with Crippen LogP contribution in [0.15, 0.2) is 30.6 Å². The Kier molecular flexibility index (Phi) is 4.43. The van der Waals surface area contributed by atoms with Crippen molar-refractivity contribution >= 4 is 5.91 Å². The molecule has 0 bridgehead atoms. The minimum absolute atomic E-state index is 0.200. The average molecular weight is 300 g/mol. The molecule has 1 aliphatic heterocycles. The van der Waals surface area contributed by atoms with Crippen LogP contribution in [0.25, 0.3) is 5.69 Å². The van der Waals surface area contributed by atoms with Crippen molar-refractivity contribution in [2.24, 2.45) is 0 Å². The zero-order valence-electron chi connectivity index (χ0n) is 12.7. The summed E-state index contributed by atoms with van der Waals surface area (Å²) < 4.78 is 1.59. The maximum Gasteiger partial charge on any atom is 0.227 e. The molecule has 0 unspecified atom stereocenters. The standard InChI is InChI=1S/C15H20N6O/c1-19-7-2-8-20(10-9-19)15(22)11-13-3-5-14(6-4-13)21-12-16-17-18-21/h3-6,12H,2,7-11H2,1H3. The SMILES string of the molecule is CN1CCCN(C(=O)Cc2ccc(-n3cnnn3)cc2)CC1. The van der Waals surface area contributed by atoms with Gasteiger partial charge in [0.1, 0.15) is 6.33 Å². The molecule has 0 saturated carbocycles. The summed E-state index contributed by atoms with van der Waals surface area (Å²) in [7, 11) is 2.10. The summed E-state index contributed by atoms with van der Waals surface area (Å²) in [5.41, 5.74) is 1.90. The summed E-state index contributed by atoms with van der Waals surface area (Å²) in [6.07, 6.45) is 3.04. The number of carbonyl (C=O) groups is 1. The fraction of sp³-hybridized carbons (Fsp3) is 0.467. The normalized spacial score (nSPS) is 16.5. The van der Waals surface area contributed by atoms with Gasteiger partial charge in [0.25, 0.3) is 0 Å². The average Bonchev–Trinajstić information content (AvgIpc) is 2.97. The largest absolute Gasteiger partial charge is 0.341 e. The van der Waals surface area contributed by atoms with E-state index in [-0.39, 0.29) is 5.91 Å². The Morgan fingerprint density at radius 2 is 1.95 bits per heavy atom. The molecule has 2 aromatic rings. The number of likely N-dealkylation sites (N-methyl/N-ethyl adjacent to an activating group) is 1. The zero-order valence-corrected chi connectivity index (χ0v) is 12.7. The lowest BCUT2D eigenvalue weighted by molar-refractivity contribution is -0.130. The summed E-state index contributed by atoms with van der Waals surface area (Å²) in [4.78, 5) is 16.7. The molecule has 1 aliphatic rings. The van der Waals surface area contributed by atoms with Crippen molar-refractivity contribution < 1.29 is 4.79 Å². The summed E-state index contributed by atoms with van der Waals surface area (Å²) in [5.74, 6) is 0.200. The van der Waals surface area contributed by atoms with Gasteiger partial charge in [0.2, 0.25) is 5.91 Å². The van der Waals surface area contributed by atoms with E-state index < -0.39 is 0 Å². The van der Waals surface area contributed by atoms with E-state index in [4.69, 9.17) is 0 Å². The van der Waals surface area contributed by atoms with Crippen molar-refractivity contribution in [3.05, 3.63) is 36.2 Å². The summed E-state index contributed by atoms with van der Waals surface area (Å²) in [6.45, 7) is 3.68. The first-order valence-electron chi connectivity index (χ1n) is 7.51. The van der Waals surface area contributed by atoms with Gasteiger partial charge in [-0.15, -0.1) is 5.10 Å². The van der Waals surface area contributed by atoms with Crippen molar-refractivity contribution in [1.29, 1.82) is 0 Å². The predicted molar refractivity (Wildman–Crippen MR) is 81.6 cm³/mol. The van der Waals surface area contributed by atoms with Crippen molar-refractivity contribution in [3.8, 4) is 5.69 Å². The second kappa shape index (κ2) is 6.65. The molecule has 0 N–H and O–H groups in total. The van der Waals surface area contributed by atoms with Gasteiger partial charge >= 0.3 is 0 Å². The van der Waals surface area contributed by atoms with E-state index in [1.807, 2.05) is 29.2 Å². The van der Waals surface area contributed by atoms with Crippen LogP contribution in [0.5, 0.6) is 0 Å². The molecule has 1 fully saturated rings. The van der Waals surface area contributed by atoms with Crippen molar-refractivity contribution in [2.75, 3.05) is 33.2 Å². The molecule has 3 rings (SSSR count). The highest BCUT2D eigenvalue weighted by molar-refractivity contribution is 5.78. The molecular weight excluding hydrogens is 280 g/mol. The topological polar surface area (TPSA) is 67.2 Å². The van der Waals surface area contributed by atoms with E-state index >= 15 is 0 Å². The summed E-state index contributed by atoms with van der Waals surface area (Å²) >= 11 is 0. The molecular formula is C15H20N6O. The summed E-state index contributed by atoms with van der Waals surface area (Å²) in [6, 6.07) is 7.77. The Bertz CT molecular complexity index is 609. The highest BCUT2D eigenvalue weighted by Gasteiger charge is 2.17. The lowest BCUT2D eigenvalue weighted by Crippen LogP contribution is -2.35. The van der Waals surface area contributed by atoms with Crippen molar-refractivity contribution in [1.82, 2.24) is 30.0 Å². The number of tetrazole rings is 1. The number of rotatable bonds is 3. The smallest absolute Gasteiger partial charge is 0.227 e. The molecule has 22 heavy (non-hydrogen) atoms. The Labute approximate surface area is 129 Å². The van der Waals surface area contributed by atoms with Crippen LogP contribution in [-0.2, 0) is 11.2 Å². The first kappa shape index (κ1) is 14.6. The lowest BCUT2D eigenvalue weighted by atomic mass is 10.1. The highest BCUT2D eigenvalue weighted by atomic mass is 16.2. The van der Waals surface area contributed by atoms with Gasteiger partial charge in [-0.25, -0.2) is 4.68 Å². The minimum Gasteiger partial charge on any atom is -0.341 e. The lowest BCUT2D eigenvalue weighted by Gasteiger charge is -2.20. The second-order valence-corrected chi connectivity index (χ2v) is 5.64. The maximum absolute atomic E-state index is 12.4. The van der Waals surface area contributed by atoms with Gasteiger partial charge in [0, 0.05) is 19.6 Å². The number of nitrogens with zero attached hydrogens (tertiary/aromatic N) is 6. The fourth-order valence-corrected chi connectivity index (χ4v) is 2.63. The van der Waals surface area contributed by atoms with Crippen molar-refractivity contribution in [2.45, 2.75) is 12.8 Å². The van der Waals surface area contributed by atoms with E-state index in [9.17, 15) is 4.79 Å². The van der Waals surface area contributed by atoms with Crippen molar-refractivity contribution in [3.63, 3.8) is 0 Å². The van der Waals surface area contributed by atoms with Gasteiger partial charge < -0.3 is 9.80 Å².